The number of nitriles is 1. The zero-order valence-electron chi connectivity index (χ0n) is 27.5. The van der Waals surface area contributed by atoms with Gasteiger partial charge in [0.05, 0.1) is 48.8 Å². The van der Waals surface area contributed by atoms with Crippen LogP contribution in [0.5, 0.6) is 0 Å². The number of rotatable bonds is 9. The summed E-state index contributed by atoms with van der Waals surface area (Å²) in [6.07, 6.45) is 0.158. The molecule has 8 atom stereocenters. The molecule has 2 saturated heterocycles. The maximum atomic E-state index is 14.1. The minimum absolute atomic E-state index is 0.00861. The number of esters is 2. The third-order valence-electron chi connectivity index (χ3n) is 8.84. The van der Waals surface area contributed by atoms with Crippen LogP contribution in [0.15, 0.2) is 42.7 Å². The molecule has 1 aromatic carbocycles. The van der Waals surface area contributed by atoms with E-state index in [9.17, 15) is 33.1 Å². The first-order valence-corrected chi connectivity index (χ1v) is 17.4. The summed E-state index contributed by atoms with van der Waals surface area (Å²) in [5, 5.41) is 36.5. The lowest BCUT2D eigenvalue weighted by atomic mass is 10.0. The van der Waals surface area contributed by atoms with Gasteiger partial charge in [0.1, 0.15) is 47.9 Å². The van der Waals surface area contributed by atoms with Crippen LogP contribution in [0.1, 0.15) is 31.6 Å². The van der Waals surface area contributed by atoms with Gasteiger partial charge in [-0.2, -0.15) is 5.26 Å². The highest BCUT2D eigenvalue weighted by atomic mass is 32.2. The van der Waals surface area contributed by atoms with Crippen molar-refractivity contribution < 1.29 is 46.8 Å². The van der Waals surface area contributed by atoms with E-state index >= 15 is 0 Å². The molecule has 0 spiro atoms. The van der Waals surface area contributed by atoms with Gasteiger partial charge in [0, 0.05) is 37.5 Å². The first-order valence-electron chi connectivity index (χ1n) is 15.7. The Morgan fingerprint density at radius 3 is 2.43 bits per heavy atom. The van der Waals surface area contributed by atoms with Gasteiger partial charge in [-0.25, -0.2) is 38.4 Å². The summed E-state index contributed by atoms with van der Waals surface area (Å²) in [6, 6.07) is 6.90. The molecule has 3 aromatic heterocycles. The van der Waals surface area contributed by atoms with Crippen LogP contribution in [0.4, 0.5) is 13.2 Å². The lowest BCUT2D eigenvalue weighted by Gasteiger charge is -2.52. The predicted octanol–water partition coefficient (Wildman–Crippen LogP) is 2.32. The second kappa shape index (κ2) is 15.1. The molecule has 19 heteroatoms. The van der Waals surface area contributed by atoms with Crippen molar-refractivity contribution in [3.8, 4) is 28.7 Å². The highest BCUT2D eigenvalue weighted by Crippen LogP contribution is 2.52. The van der Waals surface area contributed by atoms with Crippen molar-refractivity contribution in [2.75, 3.05) is 32.7 Å². The summed E-state index contributed by atoms with van der Waals surface area (Å²) >= 11 is 0. The Balaban J connectivity index is 1.33. The fourth-order valence-electron chi connectivity index (χ4n) is 6.47. The zero-order chi connectivity index (χ0) is 36.4. The molecule has 0 saturated carbocycles. The largest absolute Gasteiger partial charge is 0.465 e. The molecule has 4 aromatic rings. The molecule has 0 bridgehead atoms. The fourth-order valence-corrected chi connectivity index (χ4v) is 10.1. The average Bonchev–Trinajstić information content (AvgIpc) is 3.80. The second-order valence-electron chi connectivity index (χ2n) is 12.0. The third kappa shape index (κ3) is 7.44. The number of thiol groups is 1. The van der Waals surface area contributed by atoms with Gasteiger partial charge in [-0.1, -0.05) is 16.5 Å². The van der Waals surface area contributed by atoms with Crippen LogP contribution < -0.4 is 0 Å². The highest BCUT2D eigenvalue weighted by molar-refractivity contribution is 8.18. The van der Waals surface area contributed by atoms with Gasteiger partial charge in [-0.3, -0.25) is 9.59 Å². The van der Waals surface area contributed by atoms with Crippen LogP contribution in [0, 0.1) is 28.8 Å². The van der Waals surface area contributed by atoms with E-state index in [0.717, 1.165) is 12.1 Å². The zero-order valence-corrected chi connectivity index (χ0v) is 28.4. The third-order valence-corrected chi connectivity index (χ3v) is 12.2. The molecule has 6 rings (SSSR count). The number of pyridine rings is 1. The topological polar surface area (TPSA) is 189 Å². The summed E-state index contributed by atoms with van der Waals surface area (Å²) in [4.78, 5) is 29.0. The van der Waals surface area contributed by atoms with Crippen molar-refractivity contribution in [2.45, 2.75) is 54.7 Å². The first-order chi connectivity index (χ1) is 24.5. The van der Waals surface area contributed by atoms with Gasteiger partial charge >= 0.3 is 11.9 Å². The Kier molecular flexibility index (Phi) is 10.7. The number of halogens is 3. The maximum absolute atomic E-state index is 14.1. The predicted molar refractivity (Wildman–Crippen MR) is 173 cm³/mol. The van der Waals surface area contributed by atoms with E-state index in [2.05, 4.69) is 25.6 Å². The molecule has 51 heavy (non-hydrogen) atoms. The fraction of sp³-hybridized carbons (Fsp3) is 0.438. The van der Waals surface area contributed by atoms with Gasteiger partial charge in [0.25, 0.3) is 0 Å². The normalized spacial score (nSPS) is 27.0. The number of ether oxygens (including phenoxy) is 4. The minimum Gasteiger partial charge on any atom is -0.465 e. The maximum Gasteiger partial charge on any atom is 0.303 e. The Labute approximate surface area is 291 Å². The smallest absolute Gasteiger partial charge is 0.303 e. The number of carbonyl (C=O) groups excluding carboxylic acids is 2. The molecular formula is C32H33F3N8O7S. The molecule has 5 heterocycles. The van der Waals surface area contributed by atoms with Crippen molar-refractivity contribution >= 4 is 22.8 Å². The summed E-state index contributed by atoms with van der Waals surface area (Å²) in [7, 11) is 0.0202. The lowest BCUT2D eigenvalue weighted by Crippen LogP contribution is -2.57. The number of aromatic nitrogens is 7. The Bertz CT molecular complexity index is 1930. The molecule has 0 amide bonds. The summed E-state index contributed by atoms with van der Waals surface area (Å²) < 4.78 is 68.0. The van der Waals surface area contributed by atoms with Gasteiger partial charge in [-0.15, -0.1) is 10.2 Å². The molecule has 15 nitrogen and oxygen atoms in total. The molecule has 2 fully saturated rings. The summed E-state index contributed by atoms with van der Waals surface area (Å²) in [6.45, 7) is 2.48. The number of hydrogen-bond donors (Lipinski definition) is 2. The van der Waals surface area contributed by atoms with E-state index in [1.54, 1.807) is 24.4 Å². The summed E-state index contributed by atoms with van der Waals surface area (Å²) in [5.74, 6) is -5.39. The number of benzene rings is 1. The number of carbonyl (C=O) groups is 2. The molecule has 2 aliphatic heterocycles. The van der Waals surface area contributed by atoms with Crippen LogP contribution in [-0.2, 0) is 28.5 Å². The standard InChI is InChI=1S/C32H33F3N8O7S/c1-16(44)49-14-28-32(50-17(2)45)30(43-10-23(38-41-43)18-7-20(33)29(35)21(34)8-18)26(47-3)15-51(28)27-13-48-12-25(31(27)46)42-11-24(39-40-42)22-6-4-5-19(9-36)37-22/h4-8,10-11,25-28,30-32,46,51H,12-15H2,1-3H3/t25-,26-,27+,28+,30-,31+,32-/m0/s1. The van der Waals surface area contributed by atoms with E-state index in [0.29, 0.717) is 17.1 Å². The van der Waals surface area contributed by atoms with E-state index in [-0.39, 0.29) is 36.8 Å². The van der Waals surface area contributed by atoms with Crippen LogP contribution >= 0.6 is 10.9 Å². The van der Waals surface area contributed by atoms with Crippen molar-refractivity contribution in [1.82, 2.24) is 35.0 Å². The molecule has 1 N–H and O–H groups in total. The van der Waals surface area contributed by atoms with Gasteiger partial charge in [0.15, 0.2) is 17.5 Å². The van der Waals surface area contributed by atoms with Crippen molar-refractivity contribution in [3.05, 3.63) is 65.9 Å². The number of hydrogen-bond acceptors (Lipinski definition) is 13. The van der Waals surface area contributed by atoms with E-state index in [4.69, 9.17) is 18.9 Å². The number of aliphatic hydroxyl groups excluding tert-OH is 1. The Morgan fingerprint density at radius 2 is 1.75 bits per heavy atom. The Hall–Kier alpha value is -4.90. The number of methoxy groups -OCH3 is 1. The van der Waals surface area contributed by atoms with E-state index in [1.807, 2.05) is 6.07 Å². The SMILES string of the molecule is CO[C@H]1C[SH]([C@@H]2COC[C@H](n3cc(-c4cccc(C#N)n4)nn3)[C@H]2O)[C@H](COC(C)=O)[C@H](OC(C)=O)[C@H]1n1cc(-c2cc(F)c(F)c(F)c2)nn1. The number of aliphatic hydroxyl groups is 1. The molecule has 0 radical (unpaired) electrons. The van der Waals surface area contributed by atoms with Crippen LogP contribution in [-0.4, -0.2) is 114 Å². The van der Waals surface area contributed by atoms with E-state index < -0.39 is 81.2 Å². The quantitative estimate of drug-likeness (QED) is 0.145. The molecule has 270 valence electrons. The average molecular weight is 731 g/mol. The van der Waals surface area contributed by atoms with Gasteiger partial charge < -0.3 is 24.1 Å². The molecule has 0 aliphatic carbocycles. The first kappa shape index (κ1) is 35.9. The summed E-state index contributed by atoms with van der Waals surface area (Å²) in [5.41, 5.74) is 0.937. The van der Waals surface area contributed by atoms with Crippen molar-refractivity contribution in [3.63, 3.8) is 0 Å². The Morgan fingerprint density at radius 1 is 1.04 bits per heavy atom. The second-order valence-corrected chi connectivity index (χ2v) is 14.7. The molecule has 1 unspecified atom stereocenters. The molecule has 2 aliphatic rings. The number of nitrogens with zero attached hydrogens (tertiary/aromatic N) is 8. The monoisotopic (exact) mass is 730 g/mol. The van der Waals surface area contributed by atoms with Crippen molar-refractivity contribution in [2.24, 2.45) is 0 Å². The van der Waals surface area contributed by atoms with Crippen molar-refractivity contribution in [1.29, 1.82) is 5.26 Å². The van der Waals surface area contributed by atoms with E-state index in [1.165, 1.54) is 36.5 Å². The molecular weight excluding hydrogens is 697 g/mol. The minimum atomic E-state index is -1.63. The van der Waals surface area contributed by atoms with Crippen LogP contribution in [0.3, 0.4) is 0 Å². The van der Waals surface area contributed by atoms with Crippen LogP contribution in [0.2, 0.25) is 0 Å². The lowest BCUT2D eigenvalue weighted by molar-refractivity contribution is -0.154. The van der Waals surface area contributed by atoms with Gasteiger partial charge in [0.2, 0.25) is 0 Å². The van der Waals surface area contributed by atoms with Gasteiger partial charge in [-0.05, 0) is 24.3 Å². The van der Waals surface area contributed by atoms with Crippen LogP contribution in [0.25, 0.3) is 22.6 Å². The highest BCUT2D eigenvalue weighted by Gasteiger charge is 2.52.